The highest BCUT2D eigenvalue weighted by molar-refractivity contribution is 7.89. The minimum Gasteiger partial charge on any atom is -0.277 e. The number of para-hydroxylation sites is 2. The third kappa shape index (κ3) is 2.80. The van der Waals surface area contributed by atoms with Gasteiger partial charge in [-0.2, -0.15) is 0 Å². The average molecular weight is 313 g/mol. The summed E-state index contributed by atoms with van der Waals surface area (Å²) in [7, 11) is -3.28. The Balaban J connectivity index is 2.38. The van der Waals surface area contributed by atoms with Crippen LogP contribution in [-0.4, -0.2) is 19.2 Å². The highest BCUT2D eigenvalue weighted by Gasteiger charge is 2.14. The minimum atomic E-state index is -3.28. The van der Waals surface area contributed by atoms with Crippen LogP contribution in [-0.2, 0) is 15.6 Å². The van der Waals surface area contributed by atoms with Gasteiger partial charge in [-0.25, -0.2) is 8.42 Å². The van der Waals surface area contributed by atoms with Gasteiger partial charge in [-0.3, -0.25) is 9.36 Å². The van der Waals surface area contributed by atoms with E-state index in [0.717, 1.165) is 22.8 Å². The van der Waals surface area contributed by atoms with Gasteiger partial charge in [-0.1, -0.05) is 36.4 Å². The van der Waals surface area contributed by atoms with Crippen molar-refractivity contribution in [1.82, 2.24) is 4.57 Å². The monoisotopic (exact) mass is 313 g/mol. The van der Waals surface area contributed by atoms with E-state index in [-0.39, 0.29) is 16.9 Å². The molecule has 0 unspecified atom stereocenters. The molecule has 0 saturated carbocycles. The first-order valence-electron chi connectivity index (χ1n) is 6.82. The summed E-state index contributed by atoms with van der Waals surface area (Å²) < 4.78 is 24.7. The number of sulfone groups is 1. The predicted octanol–water partition coefficient (Wildman–Crippen LogP) is 2.54. The van der Waals surface area contributed by atoms with Gasteiger partial charge in [0.05, 0.1) is 11.3 Å². The Kier molecular flexibility index (Phi) is 3.58. The van der Waals surface area contributed by atoms with Crippen LogP contribution in [0.25, 0.3) is 16.6 Å². The Morgan fingerprint density at radius 1 is 0.955 bits per heavy atom. The molecule has 1 aromatic heterocycles. The van der Waals surface area contributed by atoms with Crippen molar-refractivity contribution in [3.8, 4) is 5.69 Å². The number of aromatic nitrogens is 1. The second kappa shape index (κ2) is 5.42. The highest BCUT2D eigenvalue weighted by Crippen LogP contribution is 2.18. The first-order valence-corrected chi connectivity index (χ1v) is 8.88. The van der Waals surface area contributed by atoms with Crippen LogP contribution in [0.4, 0.5) is 0 Å². The molecule has 0 aliphatic carbocycles. The van der Waals surface area contributed by atoms with Crippen LogP contribution in [0, 0.1) is 0 Å². The first-order chi connectivity index (χ1) is 10.5. The predicted molar refractivity (Wildman–Crippen MR) is 88.1 cm³/mol. The van der Waals surface area contributed by atoms with E-state index >= 15 is 0 Å². The topological polar surface area (TPSA) is 56.1 Å². The lowest BCUT2D eigenvalue weighted by Crippen LogP contribution is -2.24. The van der Waals surface area contributed by atoms with E-state index in [2.05, 4.69) is 0 Å². The number of benzene rings is 2. The van der Waals surface area contributed by atoms with Crippen LogP contribution in [0.15, 0.2) is 65.5 Å². The largest absolute Gasteiger partial charge is 0.277 e. The van der Waals surface area contributed by atoms with E-state index in [1.165, 1.54) is 0 Å². The third-order valence-electron chi connectivity index (χ3n) is 3.42. The Hall–Kier alpha value is -2.40. The van der Waals surface area contributed by atoms with Crippen molar-refractivity contribution in [3.05, 3.63) is 76.6 Å². The van der Waals surface area contributed by atoms with E-state index < -0.39 is 9.84 Å². The summed E-state index contributed by atoms with van der Waals surface area (Å²) >= 11 is 0. The SMILES string of the molecule is CS(=O)(=O)Cc1cc2ccccc2n(-c2ccccc2)c1=O. The van der Waals surface area contributed by atoms with Gasteiger partial charge in [0.2, 0.25) is 0 Å². The van der Waals surface area contributed by atoms with Crippen molar-refractivity contribution in [3.63, 3.8) is 0 Å². The second-order valence-corrected chi connectivity index (χ2v) is 7.41. The maximum atomic E-state index is 12.8. The Morgan fingerprint density at radius 2 is 1.59 bits per heavy atom. The highest BCUT2D eigenvalue weighted by atomic mass is 32.2. The molecular weight excluding hydrogens is 298 g/mol. The molecule has 2 aromatic carbocycles. The molecule has 0 amide bonds. The smallest absolute Gasteiger partial charge is 0.259 e. The molecule has 0 bridgehead atoms. The van der Waals surface area contributed by atoms with Crippen molar-refractivity contribution >= 4 is 20.7 Å². The molecule has 4 nitrogen and oxygen atoms in total. The summed E-state index contributed by atoms with van der Waals surface area (Å²) in [4.78, 5) is 12.8. The van der Waals surface area contributed by atoms with Gasteiger partial charge in [-0.15, -0.1) is 0 Å². The van der Waals surface area contributed by atoms with Crippen molar-refractivity contribution < 1.29 is 8.42 Å². The second-order valence-electron chi connectivity index (χ2n) is 5.27. The summed E-state index contributed by atoms with van der Waals surface area (Å²) in [5, 5.41) is 0.838. The fourth-order valence-corrected chi connectivity index (χ4v) is 3.31. The van der Waals surface area contributed by atoms with E-state index in [1.54, 1.807) is 10.6 Å². The zero-order valence-electron chi connectivity index (χ0n) is 12.1. The van der Waals surface area contributed by atoms with E-state index in [4.69, 9.17) is 0 Å². The molecule has 3 rings (SSSR count). The average Bonchev–Trinajstić information content (AvgIpc) is 2.48. The molecule has 0 atom stereocenters. The van der Waals surface area contributed by atoms with E-state index in [0.29, 0.717) is 0 Å². The number of rotatable bonds is 3. The van der Waals surface area contributed by atoms with Gasteiger partial charge in [-0.05, 0) is 29.7 Å². The molecule has 0 radical (unpaired) electrons. The summed E-state index contributed by atoms with van der Waals surface area (Å²) in [6, 6.07) is 18.3. The quantitative estimate of drug-likeness (QED) is 0.746. The van der Waals surface area contributed by atoms with Gasteiger partial charge in [0.25, 0.3) is 5.56 Å². The molecule has 5 heteroatoms. The van der Waals surface area contributed by atoms with Gasteiger partial charge >= 0.3 is 0 Å². The molecule has 1 heterocycles. The molecule has 112 valence electrons. The van der Waals surface area contributed by atoms with Gasteiger partial charge in [0.1, 0.15) is 0 Å². The van der Waals surface area contributed by atoms with Crippen molar-refractivity contribution in [2.24, 2.45) is 0 Å². The third-order valence-corrected chi connectivity index (χ3v) is 4.25. The Labute approximate surface area is 128 Å². The molecule has 0 aliphatic heterocycles. The number of nitrogens with zero attached hydrogens (tertiary/aromatic N) is 1. The molecule has 0 saturated heterocycles. The van der Waals surface area contributed by atoms with Crippen molar-refractivity contribution in [2.45, 2.75) is 5.75 Å². The molecule has 3 aromatic rings. The van der Waals surface area contributed by atoms with Crippen molar-refractivity contribution in [1.29, 1.82) is 0 Å². The van der Waals surface area contributed by atoms with Crippen LogP contribution in [0.5, 0.6) is 0 Å². The maximum Gasteiger partial charge on any atom is 0.259 e. The van der Waals surface area contributed by atoms with Crippen LogP contribution < -0.4 is 5.56 Å². The normalized spacial score (nSPS) is 11.7. The molecule has 0 N–H and O–H groups in total. The molecule has 22 heavy (non-hydrogen) atoms. The lowest BCUT2D eigenvalue weighted by atomic mass is 10.1. The lowest BCUT2D eigenvalue weighted by molar-refractivity contribution is 0.601. The standard InChI is InChI=1S/C17H15NO3S/c1-22(20,21)12-14-11-13-7-5-6-10-16(13)18(17(14)19)15-8-3-2-4-9-15/h2-11H,12H2,1H3. The Morgan fingerprint density at radius 3 is 2.27 bits per heavy atom. The number of hydrogen-bond donors (Lipinski definition) is 0. The summed E-state index contributed by atoms with van der Waals surface area (Å²) in [6.07, 6.45) is 1.13. The minimum absolute atomic E-state index is 0.260. The summed E-state index contributed by atoms with van der Waals surface area (Å²) in [5.74, 6) is -0.260. The van der Waals surface area contributed by atoms with Crippen LogP contribution in [0.1, 0.15) is 5.56 Å². The molecular formula is C17H15NO3S. The fourth-order valence-electron chi connectivity index (χ4n) is 2.53. The van der Waals surface area contributed by atoms with Crippen LogP contribution >= 0.6 is 0 Å². The van der Waals surface area contributed by atoms with Crippen molar-refractivity contribution in [2.75, 3.05) is 6.26 Å². The zero-order chi connectivity index (χ0) is 15.7. The van der Waals surface area contributed by atoms with Gasteiger partial charge in [0.15, 0.2) is 9.84 Å². The molecule has 0 aliphatic rings. The van der Waals surface area contributed by atoms with E-state index in [9.17, 15) is 13.2 Å². The number of fused-ring (bicyclic) bond motifs is 1. The first kappa shape index (κ1) is 14.5. The summed E-state index contributed by atoms with van der Waals surface area (Å²) in [5.41, 5.74) is 1.47. The molecule has 0 spiro atoms. The van der Waals surface area contributed by atoms with E-state index in [1.807, 2.05) is 54.6 Å². The zero-order valence-corrected chi connectivity index (χ0v) is 12.9. The van der Waals surface area contributed by atoms with Gasteiger partial charge in [0, 0.05) is 17.5 Å². The fraction of sp³-hybridized carbons (Fsp3) is 0.118. The number of hydrogen-bond acceptors (Lipinski definition) is 3. The lowest BCUT2D eigenvalue weighted by Gasteiger charge is -2.12. The summed E-state index contributed by atoms with van der Waals surface area (Å²) in [6.45, 7) is 0. The Bertz CT molecular complexity index is 989. The number of pyridine rings is 1. The van der Waals surface area contributed by atoms with Crippen LogP contribution in [0.2, 0.25) is 0 Å². The van der Waals surface area contributed by atoms with Crippen LogP contribution in [0.3, 0.4) is 0 Å². The maximum absolute atomic E-state index is 12.8. The molecule has 0 fully saturated rings. The van der Waals surface area contributed by atoms with Gasteiger partial charge < -0.3 is 0 Å².